The molecule has 0 spiro atoms. The number of hydrogen-bond acceptors (Lipinski definition) is 5. The number of aryl methyl sites for hydroxylation is 1. The average molecular weight is 271 g/mol. The lowest BCUT2D eigenvalue weighted by atomic mass is 10.1. The number of nitrogens with one attached hydrogen (secondary N) is 1. The lowest BCUT2D eigenvalue weighted by molar-refractivity contribution is -0.132. The molecule has 2 aromatic rings. The second kappa shape index (κ2) is 5.45. The highest BCUT2D eigenvalue weighted by molar-refractivity contribution is 5.92. The molecule has 1 aromatic heterocycles. The highest BCUT2D eigenvalue weighted by atomic mass is 16.4. The Bertz CT molecular complexity index is 738. The lowest BCUT2D eigenvalue weighted by Gasteiger charge is -2.09. The van der Waals surface area contributed by atoms with Crippen molar-refractivity contribution in [1.82, 2.24) is 4.98 Å². The van der Waals surface area contributed by atoms with Gasteiger partial charge in [0.1, 0.15) is 11.6 Å². The van der Waals surface area contributed by atoms with E-state index in [1.165, 1.54) is 0 Å². The van der Waals surface area contributed by atoms with E-state index in [2.05, 4.69) is 10.3 Å². The van der Waals surface area contributed by atoms with E-state index in [1.807, 2.05) is 0 Å². The van der Waals surface area contributed by atoms with Gasteiger partial charge >= 0.3 is 5.97 Å². The van der Waals surface area contributed by atoms with Gasteiger partial charge in [-0.25, -0.2) is 9.78 Å². The van der Waals surface area contributed by atoms with E-state index in [4.69, 9.17) is 14.8 Å². The van der Waals surface area contributed by atoms with Crippen molar-refractivity contribution in [2.75, 3.05) is 5.32 Å². The third-order valence-corrected chi connectivity index (χ3v) is 2.77. The SMILES string of the molecule is CCC(Nc1ccc2oc(C)nc2c1)=C(C#N)C(=O)O. The van der Waals surface area contributed by atoms with Gasteiger partial charge in [-0.05, 0) is 24.6 Å². The molecule has 2 rings (SSSR count). The average Bonchev–Trinajstić information content (AvgIpc) is 2.77. The standard InChI is InChI=1S/C14H13N3O3/c1-3-11(10(7-15)14(18)19)17-9-4-5-13-12(6-9)16-8(2)20-13/h4-6,17H,3H2,1-2H3,(H,18,19). The van der Waals surface area contributed by atoms with Crippen molar-refractivity contribution < 1.29 is 14.3 Å². The Hall–Kier alpha value is -2.81. The Morgan fingerprint density at radius 2 is 2.30 bits per heavy atom. The van der Waals surface area contributed by atoms with Gasteiger partial charge in [0.2, 0.25) is 0 Å². The number of fused-ring (bicyclic) bond motifs is 1. The van der Waals surface area contributed by atoms with Gasteiger partial charge in [-0.2, -0.15) is 5.26 Å². The number of benzene rings is 1. The number of allylic oxidation sites excluding steroid dienone is 1. The zero-order valence-corrected chi connectivity index (χ0v) is 11.1. The van der Waals surface area contributed by atoms with Crippen molar-refractivity contribution in [2.45, 2.75) is 20.3 Å². The van der Waals surface area contributed by atoms with Crippen molar-refractivity contribution >= 4 is 22.8 Å². The van der Waals surface area contributed by atoms with Gasteiger partial charge in [0.25, 0.3) is 0 Å². The Labute approximate surface area is 115 Å². The molecule has 0 unspecified atom stereocenters. The number of rotatable bonds is 4. The summed E-state index contributed by atoms with van der Waals surface area (Å²) in [5.74, 6) is -0.679. The monoisotopic (exact) mass is 271 g/mol. The molecule has 0 bridgehead atoms. The predicted octanol–water partition coefficient (Wildman–Crippen LogP) is 2.82. The number of carbonyl (C=O) groups is 1. The van der Waals surface area contributed by atoms with Crippen LogP contribution in [0.15, 0.2) is 33.9 Å². The summed E-state index contributed by atoms with van der Waals surface area (Å²) in [6.07, 6.45) is 0.408. The third-order valence-electron chi connectivity index (χ3n) is 2.77. The topological polar surface area (TPSA) is 99.2 Å². The van der Waals surface area contributed by atoms with Crippen LogP contribution in [0.5, 0.6) is 0 Å². The summed E-state index contributed by atoms with van der Waals surface area (Å²) in [7, 11) is 0. The molecule has 0 aliphatic rings. The lowest BCUT2D eigenvalue weighted by Crippen LogP contribution is -2.09. The van der Waals surface area contributed by atoms with Crippen LogP contribution in [-0.2, 0) is 4.79 Å². The molecule has 20 heavy (non-hydrogen) atoms. The summed E-state index contributed by atoms with van der Waals surface area (Å²) < 4.78 is 5.36. The fourth-order valence-electron chi connectivity index (χ4n) is 1.87. The molecule has 0 aliphatic carbocycles. The van der Waals surface area contributed by atoms with Crippen LogP contribution in [0.4, 0.5) is 5.69 Å². The molecule has 1 aromatic carbocycles. The van der Waals surface area contributed by atoms with E-state index in [0.29, 0.717) is 34.8 Å². The Kier molecular flexibility index (Phi) is 3.71. The number of aromatic nitrogens is 1. The summed E-state index contributed by atoms with van der Waals surface area (Å²) in [5.41, 5.74) is 2.07. The van der Waals surface area contributed by atoms with Crippen LogP contribution in [0.25, 0.3) is 11.1 Å². The number of carboxylic acid groups (broad SMARTS) is 1. The first-order chi connectivity index (χ1) is 9.55. The van der Waals surface area contributed by atoms with E-state index in [9.17, 15) is 4.79 Å². The summed E-state index contributed by atoms with van der Waals surface area (Å²) in [6.45, 7) is 3.53. The molecule has 0 saturated heterocycles. The van der Waals surface area contributed by atoms with E-state index < -0.39 is 5.97 Å². The molecule has 0 radical (unpaired) electrons. The van der Waals surface area contributed by atoms with Gasteiger partial charge in [0, 0.05) is 18.3 Å². The van der Waals surface area contributed by atoms with Gasteiger partial charge in [-0.15, -0.1) is 0 Å². The number of hydrogen-bond donors (Lipinski definition) is 2. The molecule has 0 atom stereocenters. The Morgan fingerprint density at radius 3 is 2.90 bits per heavy atom. The van der Waals surface area contributed by atoms with E-state index in [0.717, 1.165) is 0 Å². The first-order valence-corrected chi connectivity index (χ1v) is 6.06. The first-order valence-electron chi connectivity index (χ1n) is 6.06. The number of nitriles is 1. The molecular formula is C14H13N3O3. The minimum Gasteiger partial charge on any atom is -0.477 e. The highest BCUT2D eigenvalue weighted by Crippen LogP contribution is 2.22. The van der Waals surface area contributed by atoms with Crippen LogP contribution < -0.4 is 5.32 Å². The maximum Gasteiger partial charge on any atom is 0.348 e. The van der Waals surface area contributed by atoms with Gasteiger partial charge in [-0.3, -0.25) is 0 Å². The molecule has 6 nitrogen and oxygen atoms in total. The maximum atomic E-state index is 11.0. The quantitative estimate of drug-likeness (QED) is 0.655. The van der Waals surface area contributed by atoms with Crippen LogP contribution in [0, 0.1) is 18.3 Å². The smallest absolute Gasteiger partial charge is 0.348 e. The summed E-state index contributed by atoms with van der Waals surface area (Å²) in [6, 6.07) is 6.94. The molecule has 0 saturated carbocycles. The van der Waals surface area contributed by atoms with Gasteiger partial charge in [-0.1, -0.05) is 6.92 Å². The third kappa shape index (κ3) is 2.62. The maximum absolute atomic E-state index is 11.0. The molecule has 102 valence electrons. The highest BCUT2D eigenvalue weighted by Gasteiger charge is 2.13. The molecule has 0 fully saturated rings. The summed E-state index contributed by atoms with van der Waals surface area (Å²) in [5, 5.41) is 20.8. The molecule has 0 aliphatic heterocycles. The molecule has 2 N–H and O–H groups in total. The Balaban J connectivity index is 2.39. The first kappa shape index (κ1) is 13.6. The zero-order chi connectivity index (χ0) is 14.7. The van der Waals surface area contributed by atoms with E-state index >= 15 is 0 Å². The Morgan fingerprint density at radius 1 is 1.55 bits per heavy atom. The van der Waals surface area contributed by atoms with Crippen LogP contribution in [0.1, 0.15) is 19.2 Å². The summed E-state index contributed by atoms with van der Waals surface area (Å²) in [4.78, 5) is 15.2. The van der Waals surface area contributed by atoms with Crippen molar-refractivity contribution in [3.63, 3.8) is 0 Å². The number of carboxylic acids is 1. The zero-order valence-electron chi connectivity index (χ0n) is 11.1. The van der Waals surface area contributed by atoms with Crippen LogP contribution in [-0.4, -0.2) is 16.1 Å². The second-order valence-electron chi connectivity index (χ2n) is 4.16. The van der Waals surface area contributed by atoms with Crippen molar-refractivity contribution in [2.24, 2.45) is 0 Å². The molecule has 6 heteroatoms. The second-order valence-corrected chi connectivity index (χ2v) is 4.16. The number of anilines is 1. The van der Waals surface area contributed by atoms with Gasteiger partial charge in [0.05, 0.1) is 0 Å². The van der Waals surface area contributed by atoms with Crippen LogP contribution in [0.2, 0.25) is 0 Å². The van der Waals surface area contributed by atoms with Crippen LogP contribution in [0.3, 0.4) is 0 Å². The molecule has 1 heterocycles. The van der Waals surface area contributed by atoms with Crippen LogP contribution >= 0.6 is 0 Å². The normalized spacial score (nSPS) is 11.8. The predicted molar refractivity (Wildman–Crippen MR) is 72.9 cm³/mol. The van der Waals surface area contributed by atoms with Gasteiger partial charge < -0.3 is 14.8 Å². The van der Waals surface area contributed by atoms with E-state index in [1.54, 1.807) is 38.1 Å². The van der Waals surface area contributed by atoms with Crippen molar-refractivity contribution in [3.8, 4) is 6.07 Å². The number of oxazole rings is 1. The number of aliphatic carboxylic acids is 1. The molecular weight excluding hydrogens is 258 g/mol. The fraction of sp³-hybridized carbons (Fsp3) is 0.214. The minimum atomic E-state index is -1.24. The van der Waals surface area contributed by atoms with E-state index in [-0.39, 0.29) is 5.57 Å². The fourth-order valence-corrected chi connectivity index (χ4v) is 1.87. The minimum absolute atomic E-state index is 0.288. The van der Waals surface area contributed by atoms with Gasteiger partial charge in [0.15, 0.2) is 17.0 Å². The summed E-state index contributed by atoms with van der Waals surface area (Å²) >= 11 is 0. The van der Waals surface area contributed by atoms with Crippen molar-refractivity contribution in [3.05, 3.63) is 35.4 Å². The largest absolute Gasteiger partial charge is 0.477 e. The van der Waals surface area contributed by atoms with Crippen molar-refractivity contribution in [1.29, 1.82) is 5.26 Å². The number of nitrogens with zero attached hydrogens (tertiary/aromatic N) is 2. The molecule has 0 amide bonds.